The Morgan fingerprint density at radius 2 is 2.05 bits per heavy atom. The van der Waals surface area contributed by atoms with Crippen molar-refractivity contribution in [1.29, 1.82) is 0 Å². The molecule has 1 heterocycles. The van der Waals surface area contributed by atoms with Crippen LogP contribution in [0.15, 0.2) is 35.6 Å². The van der Waals surface area contributed by atoms with E-state index < -0.39 is 0 Å². The molecule has 0 amide bonds. The van der Waals surface area contributed by atoms with Gasteiger partial charge in [-0.25, -0.2) is 0 Å². The molecular formula is C15H16O4. The minimum Gasteiger partial charge on any atom is -0.496 e. The molecule has 0 N–H and O–H groups in total. The van der Waals surface area contributed by atoms with Crippen LogP contribution in [0, 0.1) is 0 Å². The Labute approximate surface area is 112 Å². The van der Waals surface area contributed by atoms with E-state index in [9.17, 15) is 9.59 Å². The molecule has 0 bridgehead atoms. The van der Waals surface area contributed by atoms with E-state index in [1.807, 2.05) is 24.3 Å². The van der Waals surface area contributed by atoms with E-state index in [1.54, 1.807) is 14.0 Å². The summed E-state index contributed by atoms with van der Waals surface area (Å²) < 4.78 is 10.4. The molecule has 0 saturated heterocycles. The Hall–Kier alpha value is -2.10. The van der Waals surface area contributed by atoms with E-state index in [-0.39, 0.29) is 24.1 Å². The highest BCUT2D eigenvalue weighted by Gasteiger charge is 2.33. The van der Waals surface area contributed by atoms with Crippen LogP contribution >= 0.6 is 0 Å². The molecule has 1 aliphatic heterocycles. The van der Waals surface area contributed by atoms with Gasteiger partial charge in [0.2, 0.25) is 0 Å². The van der Waals surface area contributed by atoms with Crippen molar-refractivity contribution in [1.82, 2.24) is 0 Å². The van der Waals surface area contributed by atoms with Crippen molar-refractivity contribution in [3.8, 4) is 5.75 Å². The maximum absolute atomic E-state index is 11.8. The lowest BCUT2D eigenvalue weighted by Gasteiger charge is -2.26. The average molecular weight is 260 g/mol. The molecule has 1 aliphatic rings. The number of hydrogen-bond donors (Lipinski definition) is 0. The highest BCUT2D eigenvalue weighted by atomic mass is 16.5. The van der Waals surface area contributed by atoms with Crippen LogP contribution in [0.2, 0.25) is 0 Å². The van der Waals surface area contributed by atoms with Gasteiger partial charge in [-0.15, -0.1) is 0 Å². The molecule has 0 aliphatic carbocycles. The van der Waals surface area contributed by atoms with Crippen LogP contribution in [0.5, 0.6) is 5.75 Å². The van der Waals surface area contributed by atoms with E-state index in [0.29, 0.717) is 17.1 Å². The third-order valence-electron chi connectivity index (χ3n) is 3.26. The summed E-state index contributed by atoms with van der Waals surface area (Å²) in [4.78, 5) is 23.4. The van der Waals surface area contributed by atoms with Gasteiger partial charge in [-0.1, -0.05) is 18.2 Å². The summed E-state index contributed by atoms with van der Waals surface area (Å²) >= 11 is 0. The number of carbonyl (C=O) groups is 2. The molecule has 100 valence electrons. The van der Waals surface area contributed by atoms with Crippen LogP contribution in [-0.4, -0.2) is 18.9 Å². The van der Waals surface area contributed by atoms with Crippen LogP contribution in [0.4, 0.5) is 0 Å². The predicted molar refractivity (Wildman–Crippen MR) is 69.8 cm³/mol. The fourth-order valence-electron chi connectivity index (χ4n) is 2.49. The monoisotopic (exact) mass is 260 g/mol. The average Bonchev–Trinajstić information content (AvgIpc) is 2.37. The number of ketones is 1. The molecule has 4 heteroatoms. The van der Waals surface area contributed by atoms with E-state index in [1.165, 1.54) is 6.92 Å². The van der Waals surface area contributed by atoms with Gasteiger partial charge in [0.1, 0.15) is 11.5 Å². The molecule has 2 rings (SSSR count). The lowest BCUT2D eigenvalue weighted by molar-refractivity contribution is -0.141. The minimum absolute atomic E-state index is 0.0825. The SMILES string of the molecule is COc1ccccc1[C@@H]1CC(=O)OC(C)=C1C(C)=O. The standard InChI is InChI=1S/C15H16O4/c1-9(16)15-10(2)19-14(17)8-12(15)11-6-4-5-7-13(11)18-3/h4-7,12H,8H2,1-3H3/t12-/m0/s1. The molecule has 0 saturated carbocycles. The molecule has 1 aromatic rings. The van der Waals surface area contributed by atoms with Crippen LogP contribution in [0.3, 0.4) is 0 Å². The molecule has 0 radical (unpaired) electrons. The Morgan fingerprint density at radius 3 is 2.68 bits per heavy atom. The first-order chi connectivity index (χ1) is 9.04. The Balaban J connectivity index is 2.55. The second kappa shape index (κ2) is 5.26. The summed E-state index contributed by atoms with van der Waals surface area (Å²) in [5.74, 6) is 0.364. The number of methoxy groups -OCH3 is 1. The zero-order valence-corrected chi connectivity index (χ0v) is 11.2. The Bertz CT molecular complexity index is 557. The van der Waals surface area contributed by atoms with E-state index >= 15 is 0 Å². The number of cyclic esters (lactones) is 1. The number of Topliss-reactive ketones (excluding diaryl/α,β-unsaturated/α-hetero) is 1. The topological polar surface area (TPSA) is 52.6 Å². The van der Waals surface area contributed by atoms with Crippen molar-refractivity contribution in [3.63, 3.8) is 0 Å². The molecule has 0 spiro atoms. The highest BCUT2D eigenvalue weighted by molar-refractivity contribution is 5.97. The number of allylic oxidation sites excluding steroid dienone is 2. The van der Waals surface area contributed by atoms with E-state index in [4.69, 9.17) is 9.47 Å². The lowest BCUT2D eigenvalue weighted by atomic mass is 9.84. The normalized spacial score (nSPS) is 19.1. The van der Waals surface area contributed by atoms with Gasteiger partial charge in [0.05, 0.1) is 13.5 Å². The molecule has 1 atom stereocenters. The Kier molecular flexibility index (Phi) is 3.69. The number of ether oxygens (including phenoxy) is 2. The molecule has 0 aromatic heterocycles. The summed E-state index contributed by atoms with van der Waals surface area (Å²) in [6.07, 6.45) is 0.159. The van der Waals surface area contributed by atoms with Crippen molar-refractivity contribution < 1.29 is 19.1 Å². The van der Waals surface area contributed by atoms with E-state index in [2.05, 4.69) is 0 Å². The number of esters is 1. The molecule has 19 heavy (non-hydrogen) atoms. The number of para-hydroxylation sites is 1. The van der Waals surface area contributed by atoms with Gasteiger partial charge in [-0.3, -0.25) is 9.59 Å². The van der Waals surface area contributed by atoms with Gasteiger partial charge < -0.3 is 9.47 Å². The first-order valence-corrected chi connectivity index (χ1v) is 6.10. The summed E-state index contributed by atoms with van der Waals surface area (Å²) in [7, 11) is 1.57. The summed E-state index contributed by atoms with van der Waals surface area (Å²) in [6, 6.07) is 7.42. The van der Waals surface area contributed by atoms with Crippen molar-refractivity contribution in [2.75, 3.05) is 7.11 Å². The summed E-state index contributed by atoms with van der Waals surface area (Å²) in [5.41, 5.74) is 1.38. The zero-order chi connectivity index (χ0) is 14.0. The molecule has 4 nitrogen and oxygen atoms in total. The van der Waals surface area contributed by atoms with Crippen molar-refractivity contribution >= 4 is 11.8 Å². The maximum Gasteiger partial charge on any atom is 0.311 e. The number of benzene rings is 1. The quantitative estimate of drug-likeness (QED) is 0.784. The van der Waals surface area contributed by atoms with Crippen molar-refractivity contribution in [2.45, 2.75) is 26.2 Å². The van der Waals surface area contributed by atoms with Crippen molar-refractivity contribution in [3.05, 3.63) is 41.2 Å². The predicted octanol–water partition coefficient (Wildman–Crippen LogP) is 2.59. The van der Waals surface area contributed by atoms with Crippen LogP contribution < -0.4 is 4.74 Å². The molecule has 0 unspecified atom stereocenters. The fourth-order valence-corrected chi connectivity index (χ4v) is 2.49. The van der Waals surface area contributed by atoms with Gasteiger partial charge in [-0.05, 0) is 19.9 Å². The number of hydrogen-bond acceptors (Lipinski definition) is 4. The van der Waals surface area contributed by atoms with Gasteiger partial charge in [0.15, 0.2) is 5.78 Å². The zero-order valence-electron chi connectivity index (χ0n) is 11.2. The van der Waals surface area contributed by atoms with Crippen LogP contribution in [-0.2, 0) is 14.3 Å². The van der Waals surface area contributed by atoms with Gasteiger partial charge >= 0.3 is 5.97 Å². The largest absolute Gasteiger partial charge is 0.496 e. The third-order valence-corrected chi connectivity index (χ3v) is 3.26. The number of carbonyl (C=O) groups excluding carboxylic acids is 2. The van der Waals surface area contributed by atoms with Crippen molar-refractivity contribution in [2.24, 2.45) is 0 Å². The minimum atomic E-state index is -0.321. The highest BCUT2D eigenvalue weighted by Crippen LogP contribution is 2.39. The van der Waals surface area contributed by atoms with Crippen LogP contribution in [0.25, 0.3) is 0 Å². The first-order valence-electron chi connectivity index (χ1n) is 6.10. The molecule has 1 aromatic carbocycles. The third kappa shape index (κ3) is 2.52. The van der Waals surface area contributed by atoms with Gasteiger partial charge in [-0.2, -0.15) is 0 Å². The second-order valence-corrected chi connectivity index (χ2v) is 4.50. The molecular weight excluding hydrogens is 244 g/mol. The Morgan fingerprint density at radius 1 is 1.37 bits per heavy atom. The lowest BCUT2D eigenvalue weighted by Crippen LogP contribution is -2.23. The smallest absolute Gasteiger partial charge is 0.311 e. The van der Waals surface area contributed by atoms with Crippen LogP contribution in [0.1, 0.15) is 31.7 Å². The first kappa shape index (κ1) is 13.3. The maximum atomic E-state index is 11.8. The number of rotatable bonds is 3. The second-order valence-electron chi connectivity index (χ2n) is 4.50. The van der Waals surface area contributed by atoms with Gasteiger partial charge in [0.25, 0.3) is 0 Å². The summed E-state index contributed by atoms with van der Waals surface area (Å²) in [5, 5.41) is 0. The summed E-state index contributed by atoms with van der Waals surface area (Å²) in [6.45, 7) is 3.14. The molecule has 0 fully saturated rings. The van der Waals surface area contributed by atoms with E-state index in [0.717, 1.165) is 5.56 Å². The fraction of sp³-hybridized carbons (Fsp3) is 0.333. The van der Waals surface area contributed by atoms with Gasteiger partial charge in [0, 0.05) is 17.1 Å².